The van der Waals surface area contributed by atoms with E-state index in [2.05, 4.69) is 66.4 Å². The van der Waals surface area contributed by atoms with Gasteiger partial charge in [-0.3, -0.25) is 4.90 Å². The van der Waals surface area contributed by atoms with Crippen molar-refractivity contribution in [1.29, 1.82) is 0 Å². The Kier molecular flexibility index (Phi) is 2.89. The first-order valence-electron chi connectivity index (χ1n) is 7.71. The highest BCUT2D eigenvalue weighted by atomic mass is 15.2. The van der Waals surface area contributed by atoms with Crippen LogP contribution in [-0.4, -0.2) is 18.0 Å². The minimum atomic E-state index is 0.581. The van der Waals surface area contributed by atoms with Crippen LogP contribution in [0.25, 0.3) is 0 Å². The Hall–Kier alpha value is -1.60. The second-order valence-corrected chi connectivity index (χ2v) is 6.30. The van der Waals surface area contributed by atoms with Crippen LogP contribution in [0, 0.1) is 5.92 Å². The summed E-state index contributed by atoms with van der Waals surface area (Å²) < 4.78 is 0. The van der Waals surface area contributed by atoms with Crippen molar-refractivity contribution in [2.45, 2.75) is 25.3 Å². The van der Waals surface area contributed by atoms with Gasteiger partial charge in [0, 0.05) is 25.0 Å². The van der Waals surface area contributed by atoms with Crippen LogP contribution in [0.3, 0.4) is 0 Å². The third-order valence-electron chi connectivity index (χ3n) is 5.10. The molecule has 1 heteroatoms. The van der Waals surface area contributed by atoms with Gasteiger partial charge in [-0.25, -0.2) is 0 Å². The van der Waals surface area contributed by atoms with Gasteiger partial charge in [0.1, 0.15) is 0 Å². The van der Waals surface area contributed by atoms with E-state index in [1.54, 1.807) is 11.1 Å². The minimum absolute atomic E-state index is 0.581. The zero-order valence-electron chi connectivity index (χ0n) is 12.0. The summed E-state index contributed by atoms with van der Waals surface area (Å²) in [6, 6.07) is 20.7. The van der Waals surface area contributed by atoms with Crippen molar-refractivity contribution in [3.63, 3.8) is 0 Å². The van der Waals surface area contributed by atoms with Gasteiger partial charge in [-0.1, -0.05) is 61.5 Å². The fourth-order valence-electron chi connectivity index (χ4n) is 4.26. The molecule has 2 aromatic rings. The maximum absolute atomic E-state index is 2.70. The van der Waals surface area contributed by atoms with Gasteiger partial charge < -0.3 is 0 Å². The van der Waals surface area contributed by atoms with Gasteiger partial charge in [0.25, 0.3) is 0 Å². The molecule has 0 aromatic heterocycles. The second-order valence-electron chi connectivity index (χ2n) is 6.30. The minimum Gasteiger partial charge on any atom is -0.295 e. The normalized spacial score (nSPS) is 28.9. The molecule has 2 aliphatic heterocycles. The molecule has 0 aliphatic carbocycles. The Labute approximate surface area is 121 Å². The van der Waals surface area contributed by atoms with Crippen molar-refractivity contribution >= 4 is 0 Å². The summed E-state index contributed by atoms with van der Waals surface area (Å²) >= 11 is 0. The van der Waals surface area contributed by atoms with E-state index >= 15 is 0 Å². The average Bonchev–Trinajstić information content (AvgIpc) is 2.84. The molecule has 0 bridgehead atoms. The summed E-state index contributed by atoms with van der Waals surface area (Å²) in [5.41, 5.74) is 4.63. The zero-order chi connectivity index (χ0) is 13.5. The van der Waals surface area contributed by atoms with Crippen LogP contribution in [0.15, 0.2) is 54.6 Å². The molecule has 2 heterocycles. The summed E-state index contributed by atoms with van der Waals surface area (Å²) in [5, 5.41) is 0. The van der Waals surface area contributed by atoms with Crippen LogP contribution >= 0.6 is 0 Å². The molecule has 2 aromatic carbocycles. The van der Waals surface area contributed by atoms with Crippen LogP contribution in [-0.2, 0) is 6.42 Å². The Bertz CT molecular complexity index is 604. The van der Waals surface area contributed by atoms with E-state index in [1.807, 2.05) is 0 Å². The lowest BCUT2D eigenvalue weighted by molar-refractivity contribution is 0.233. The summed E-state index contributed by atoms with van der Waals surface area (Å²) in [7, 11) is 0. The maximum atomic E-state index is 2.70. The van der Waals surface area contributed by atoms with Gasteiger partial charge in [-0.05, 0) is 29.0 Å². The van der Waals surface area contributed by atoms with E-state index in [1.165, 1.54) is 25.1 Å². The molecule has 1 nitrogen and oxygen atoms in total. The van der Waals surface area contributed by atoms with Crippen LogP contribution in [0.5, 0.6) is 0 Å². The summed E-state index contributed by atoms with van der Waals surface area (Å²) in [6.07, 6.45) is 1.21. The van der Waals surface area contributed by atoms with Crippen molar-refractivity contribution in [2.24, 2.45) is 5.92 Å². The molecule has 0 amide bonds. The summed E-state index contributed by atoms with van der Waals surface area (Å²) in [4.78, 5) is 2.70. The third-order valence-corrected chi connectivity index (χ3v) is 5.10. The Morgan fingerprint density at radius 1 is 0.950 bits per heavy atom. The van der Waals surface area contributed by atoms with Gasteiger partial charge in [0.05, 0.1) is 0 Å². The van der Waals surface area contributed by atoms with Gasteiger partial charge in [0.2, 0.25) is 0 Å². The molecular weight excluding hydrogens is 242 g/mol. The molecule has 0 radical (unpaired) electrons. The molecule has 3 atom stereocenters. The number of benzene rings is 2. The van der Waals surface area contributed by atoms with Gasteiger partial charge in [-0.2, -0.15) is 0 Å². The molecular formula is C19H21N. The van der Waals surface area contributed by atoms with Crippen LogP contribution in [0.4, 0.5) is 0 Å². The van der Waals surface area contributed by atoms with E-state index in [4.69, 9.17) is 0 Å². The van der Waals surface area contributed by atoms with Crippen LogP contribution in [0.1, 0.15) is 35.6 Å². The lowest BCUT2D eigenvalue weighted by Crippen LogP contribution is -2.32. The topological polar surface area (TPSA) is 3.24 Å². The lowest BCUT2D eigenvalue weighted by Gasteiger charge is -2.35. The van der Waals surface area contributed by atoms with Crippen molar-refractivity contribution in [3.8, 4) is 0 Å². The molecule has 4 rings (SSSR count). The molecule has 1 saturated heterocycles. The highest BCUT2D eigenvalue weighted by Gasteiger charge is 2.43. The van der Waals surface area contributed by atoms with E-state index < -0.39 is 0 Å². The van der Waals surface area contributed by atoms with Gasteiger partial charge in [-0.15, -0.1) is 0 Å². The van der Waals surface area contributed by atoms with Crippen molar-refractivity contribution in [1.82, 2.24) is 4.90 Å². The molecule has 0 N–H and O–H groups in total. The fourth-order valence-corrected chi connectivity index (χ4v) is 4.26. The smallest absolute Gasteiger partial charge is 0.0422 e. The summed E-state index contributed by atoms with van der Waals surface area (Å²) in [6.45, 7) is 4.87. The lowest BCUT2D eigenvalue weighted by atomic mass is 9.80. The molecule has 102 valence electrons. The van der Waals surface area contributed by atoms with Gasteiger partial charge >= 0.3 is 0 Å². The molecule has 20 heavy (non-hydrogen) atoms. The quantitative estimate of drug-likeness (QED) is 0.751. The van der Waals surface area contributed by atoms with Crippen LogP contribution < -0.4 is 0 Å². The third kappa shape index (κ3) is 1.81. The fraction of sp³-hybridized carbons (Fsp3) is 0.368. The number of nitrogens with zero attached hydrogens (tertiary/aromatic N) is 1. The number of fused-ring (bicyclic) bond motifs is 3. The average molecular weight is 263 g/mol. The second kappa shape index (κ2) is 4.75. The van der Waals surface area contributed by atoms with E-state index in [9.17, 15) is 0 Å². The highest BCUT2D eigenvalue weighted by Crippen LogP contribution is 2.49. The predicted octanol–water partition coefficient (Wildman–Crippen LogP) is 4.02. The molecule has 0 unspecified atom stereocenters. The Balaban J connectivity index is 1.81. The van der Waals surface area contributed by atoms with E-state index in [0.29, 0.717) is 12.0 Å². The SMILES string of the molecule is C[C@H]1CN2CCc3ccccc3[C@@H]2[C@H]1c1ccccc1. The zero-order valence-corrected chi connectivity index (χ0v) is 12.0. The molecule has 2 aliphatic rings. The Morgan fingerprint density at radius 3 is 2.55 bits per heavy atom. The largest absolute Gasteiger partial charge is 0.295 e. The first-order valence-corrected chi connectivity index (χ1v) is 7.71. The van der Waals surface area contributed by atoms with E-state index in [-0.39, 0.29) is 0 Å². The molecule has 0 saturated carbocycles. The van der Waals surface area contributed by atoms with Crippen molar-refractivity contribution in [2.75, 3.05) is 13.1 Å². The standard InChI is InChI=1S/C19H21N/c1-14-13-20-12-11-15-7-5-6-10-17(15)19(20)18(14)16-8-3-2-4-9-16/h2-10,14,18-19H,11-13H2,1H3/t14-,18+,19+/m0/s1. The predicted molar refractivity (Wildman–Crippen MR) is 82.8 cm³/mol. The number of rotatable bonds is 1. The Morgan fingerprint density at radius 2 is 1.70 bits per heavy atom. The summed E-state index contributed by atoms with van der Waals surface area (Å²) in [5.74, 6) is 1.37. The molecule has 1 fully saturated rings. The van der Waals surface area contributed by atoms with E-state index in [0.717, 1.165) is 5.92 Å². The van der Waals surface area contributed by atoms with Crippen molar-refractivity contribution in [3.05, 3.63) is 71.3 Å². The van der Waals surface area contributed by atoms with Gasteiger partial charge in [0.15, 0.2) is 0 Å². The first-order chi connectivity index (χ1) is 9.84. The monoisotopic (exact) mass is 263 g/mol. The first kappa shape index (κ1) is 12.2. The molecule has 0 spiro atoms. The van der Waals surface area contributed by atoms with Crippen molar-refractivity contribution < 1.29 is 0 Å². The van der Waals surface area contributed by atoms with Crippen LogP contribution in [0.2, 0.25) is 0 Å². The maximum Gasteiger partial charge on any atom is 0.0422 e. The number of hydrogen-bond donors (Lipinski definition) is 0. The number of hydrogen-bond acceptors (Lipinski definition) is 1. The highest BCUT2D eigenvalue weighted by molar-refractivity contribution is 5.38.